The summed E-state index contributed by atoms with van der Waals surface area (Å²) in [5.74, 6) is -0.605. The van der Waals surface area contributed by atoms with Gasteiger partial charge in [0.05, 0.1) is 28.0 Å². The van der Waals surface area contributed by atoms with E-state index in [-0.39, 0.29) is 29.0 Å². The Morgan fingerprint density at radius 3 is 2.82 bits per heavy atom. The maximum Gasteiger partial charge on any atom is 0.335 e. The van der Waals surface area contributed by atoms with Crippen LogP contribution in [0.2, 0.25) is 5.02 Å². The Balaban J connectivity index is 1.12. The van der Waals surface area contributed by atoms with Crippen molar-refractivity contribution in [1.29, 1.82) is 0 Å². The van der Waals surface area contributed by atoms with Crippen molar-refractivity contribution in [2.45, 2.75) is 63.3 Å². The van der Waals surface area contributed by atoms with Crippen LogP contribution in [0.25, 0.3) is 21.5 Å². The lowest BCUT2D eigenvalue weighted by Crippen LogP contribution is -2.37. The van der Waals surface area contributed by atoms with Crippen LogP contribution in [0.3, 0.4) is 0 Å². The van der Waals surface area contributed by atoms with Crippen molar-refractivity contribution in [3.8, 4) is 11.3 Å². The highest BCUT2D eigenvalue weighted by molar-refractivity contribution is 7.18. The number of rotatable bonds is 7. The molecule has 3 aliphatic rings. The zero-order valence-electron chi connectivity index (χ0n) is 21.1. The van der Waals surface area contributed by atoms with Crippen molar-refractivity contribution in [3.05, 3.63) is 68.6 Å². The van der Waals surface area contributed by atoms with Crippen LogP contribution in [-0.2, 0) is 16.9 Å². The van der Waals surface area contributed by atoms with Gasteiger partial charge in [-0.25, -0.2) is 14.2 Å². The number of carboxylic acid groups (broad SMARTS) is 1. The summed E-state index contributed by atoms with van der Waals surface area (Å²) in [6, 6.07) is 8.17. The van der Waals surface area contributed by atoms with Crippen molar-refractivity contribution >= 4 is 39.1 Å². The van der Waals surface area contributed by atoms with Crippen molar-refractivity contribution in [2.75, 3.05) is 0 Å². The molecule has 0 saturated heterocycles. The van der Waals surface area contributed by atoms with Crippen molar-refractivity contribution in [3.63, 3.8) is 0 Å². The second-order valence-electron chi connectivity index (χ2n) is 11.1. The minimum Gasteiger partial charge on any atom is -0.478 e. The summed E-state index contributed by atoms with van der Waals surface area (Å²) in [6.07, 6.45) is 4.01. The molecule has 3 aliphatic carbocycles. The van der Waals surface area contributed by atoms with Gasteiger partial charge in [-0.15, -0.1) is 11.3 Å². The Labute approximate surface area is 232 Å². The summed E-state index contributed by atoms with van der Waals surface area (Å²) in [4.78, 5) is 15.8. The summed E-state index contributed by atoms with van der Waals surface area (Å²) in [7, 11) is 0. The lowest BCUT2D eigenvalue weighted by Gasteiger charge is -2.34. The number of aromatic carboxylic acids is 1. The standard InChI is InChI=1S/C29H26ClFN2O5S/c1-13-3-2-4-19(30)23(13)24-18(26(38-33-24)14-5-6-14)12-37-21-10-17-7-16(21)11-29(17,36)28-32-25-20(31)8-15(27(34)35)9-22(25)39-28/h2-4,8-9,14,16-17,21,36H,5-7,10-12H2,1H3,(H,34,35)/t16?,17?,21?,29-/m0/s1. The third-order valence-electron chi connectivity index (χ3n) is 8.61. The van der Waals surface area contributed by atoms with E-state index in [1.807, 2.05) is 25.1 Å². The molecule has 4 aromatic rings. The number of hydrogen-bond acceptors (Lipinski definition) is 7. The molecule has 3 saturated carbocycles. The number of carboxylic acids is 1. The Bertz CT molecular complexity index is 1610. The van der Waals surface area contributed by atoms with Crippen LogP contribution in [0.4, 0.5) is 4.39 Å². The summed E-state index contributed by atoms with van der Waals surface area (Å²) < 4.78 is 27.3. The molecule has 0 spiro atoms. The summed E-state index contributed by atoms with van der Waals surface area (Å²) in [5, 5.41) is 26.4. The molecule has 0 amide bonds. The molecule has 4 atom stereocenters. The van der Waals surface area contributed by atoms with Gasteiger partial charge < -0.3 is 19.5 Å². The quantitative estimate of drug-likeness (QED) is 0.252. The predicted octanol–water partition coefficient (Wildman–Crippen LogP) is 6.83. The first-order valence-corrected chi connectivity index (χ1v) is 14.3. The van der Waals surface area contributed by atoms with Gasteiger partial charge in [0.25, 0.3) is 0 Å². The van der Waals surface area contributed by atoms with E-state index < -0.39 is 17.4 Å². The third-order valence-corrected chi connectivity index (χ3v) is 10.1. The van der Waals surface area contributed by atoms with Crippen LogP contribution < -0.4 is 0 Å². The molecule has 3 unspecified atom stereocenters. The molecule has 2 bridgehead atoms. The molecule has 39 heavy (non-hydrogen) atoms. The molecule has 3 fully saturated rings. The molecule has 0 aliphatic heterocycles. The number of hydrogen-bond donors (Lipinski definition) is 2. The number of aliphatic hydroxyl groups is 1. The van der Waals surface area contributed by atoms with Gasteiger partial charge in [0.15, 0.2) is 5.82 Å². The van der Waals surface area contributed by atoms with Crippen LogP contribution in [-0.4, -0.2) is 32.4 Å². The lowest BCUT2D eigenvalue weighted by molar-refractivity contribution is -0.0726. The maximum atomic E-state index is 14.6. The molecule has 10 heteroatoms. The molecule has 2 N–H and O–H groups in total. The van der Waals surface area contributed by atoms with Gasteiger partial charge in [0.1, 0.15) is 27.6 Å². The number of fused-ring (bicyclic) bond motifs is 3. The molecule has 7 rings (SSSR count). The molecule has 202 valence electrons. The fourth-order valence-electron chi connectivity index (χ4n) is 6.47. The summed E-state index contributed by atoms with van der Waals surface area (Å²) in [5.41, 5.74) is 2.36. The zero-order chi connectivity index (χ0) is 27.1. The first-order chi connectivity index (χ1) is 18.7. The van der Waals surface area contributed by atoms with E-state index in [0.29, 0.717) is 40.1 Å². The van der Waals surface area contributed by atoms with E-state index in [2.05, 4.69) is 10.1 Å². The van der Waals surface area contributed by atoms with E-state index in [0.717, 1.165) is 53.5 Å². The monoisotopic (exact) mass is 568 g/mol. The molecular formula is C29H26ClFN2O5S. The maximum absolute atomic E-state index is 14.6. The fourth-order valence-corrected chi connectivity index (χ4v) is 7.98. The number of aryl methyl sites for hydroxylation is 1. The Morgan fingerprint density at radius 1 is 1.31 bits per heavy atom. The van der Waals surface area contributed by atoms with Gasteiger partial charge in [-0.1, -0.05) is 28.9 Å². The van der Waals surface area contributed by atoms with E-state index in [1.165, 1.54) is 17.4 Å². The van der Waals surface area contributed by atoms with E-state index >= 15 is 0 Å². The van der Waals surface area contributed by atoms with Crippen molar-refractivity contribution < 1.29 is 28.7 Å². The van der Waals surface area contributed by atoms with Crippen LogP contribution >= 0.6 is 22.9 Å². The lowest BCUT2D eigenvalue weighted by atomic mass is 9.83. The van der Waals surface area contributed by atoms with Crippen molar-refractivity contribution in [1.82, 2.24) is 10.1 Å². The second-order valence-corrected chi connectivity index (χ2v) is 12.6. The van der Waals surface area contributed by atoms with E-state index in [4.69, 9.17) is 20.9 Å². The predicted molar refractivity (Wildman–Crippen MR) is 144 cm³/mol. The topological polar surface area (TPSA) is 106 Å². The first-order valence-electron chi connectivity index (χ1n) is 13.1. The van der Waals surface area contributed by atoms with Gasteiger partial charge in [0, 0.05) is 17.0 Å². The highest BCUT2D eigenvalue weighted by atomic mass is 35.5. The van der Waals surface area contributed by atoms with Crippen LogP contribution in [0.1, 0.15) is 70.3 Å². The molecule has 7 nitrogen and oxygen atoms in total. The number of ether oxygens (including phenoxy) is 1. The number of nitrogens with zero attached hydrogens (tertiary/aromatic N) is 2. The Kier molecular flexibility index (Phi) is 5.86. The highest BCUT2D eigenvalue weighted by Gasteiger charge is 2.57. The molecule has 2 aromatic heterocycles. The van der Waals surface area contributed by atoms with Gasteiger partial charge in [-0.05, 0) is 74.6 Å². The van der Waals surface area contributed by atoms with Gasteiger partial charge in [-0.2, -0.15) is 0 Å². The third kappa shape index (κ3) is 4.09. The van der Waals surface area contributed by atoms with Crippen LogP contribution in [0, 0.1) is 24.6 Å². The number of aromatic nitrogens is 2. The fraction of sp³-hybridized carbons (Fsp3) is 0.414. The number of benzene rings is 2. The van der Waals surface area contributed by atoms with E-state index in [9.17, 15) is 19.4 Å². The van der Waals surface area contributed by atoms with Gasteiger partial charge in [0.2, 0.25) is 0 Å². The second kappa shape index (κ2) is 9.09. The summed E-state index contributed by atoms with van der Waals surface area (Å²) >= 11 is 7.73. The summed E-state index contributed by atoms with van der Waals surface area (Å²) in [6.45, 7) is 2.36. The smallest absolute Gasteiger partial charge is 0.335 e. The van der Waals surface area contributed by atoms with Crippen LogP contribution in [0.5, 0.6) is 0 Å². The normalized spacial score (nSPS) is 26.1. The molecule has 2 aromatic carbocycles. The number of thiazole rings is 1. The highest BCUT2D eigenvalue weighted by Crippen LogP contribution is 2.57. The van der Waals surface area contributed by atoms with Gasteiger partial charge in [-0.3, -0.25) is 0 Å². The number of carbonyl (C=O) groups is 1. The molecule has 0 radical (unpaired) electrons. The largest absolute Gasteiger partial charge is 0.478 e. The zero-order valence-corrected chi connectivity index (χ0v) is 22.7. The average molecular weight is 569 g/mol. The van der Waals surface area contributed by atoms with Crippen molar-refractivity contribution in [2.24, 2.45) is 11.8 Å². The Morgan fingerprint density at radius 2 is 2.13 bits per heavy atom. The molecule has 2 heterocycles. The first kappa shape index (κ1) is 25.1. The minimum atomic E-state index is -1.20. The van der Waals surface area contributed by atoms with E-state index in [1.54, 1.807) is 0 Å². The van der Waals surface area contributed by atoms with Crippen LogP contribution in [0.15, 0.2) is 34.9 Å². The SMILES string of the molecule is Cc1cccc(Cl)c1-c1noc(C2CC2)c1COC1CC2CC1C[C@@]2(O)c1nc2c(F)cc(C(=O)O)cc2s1. The molecular weight excluding hydrogens is 543 g/mol. The Hall–Kier alpha value is -2.85. The van der Waals surface area contributed by atoms with Gasteiger partial charge >= 0.3 is 5.97 Å². The number of halogens is 2. The minimum absolute atomic E-state index is 0.0397. The average Bonchev–Trinajstić information content (AvgIpc) is 3.21.